The van der Waals surface area contributed by atoms with E-state index in [0.717, 1.165) is 15.7 Å². The van der Waals surface area contributed by atoms with Gasteiger partial charge in [-0.15, -0.1) is 0 Å². The van der Waals surface area contributed by atoms with Crippen molar-refractivity contribution < 1.29 is 4.74 Å². The first-order valence-corrected chi connectivity index (χ1v) is 7.60. The molecule has 0 unspecified atom stereocenters. The summed E-state index contributed by atoms with van der Waals surface area (Å²) in [6.07, 6.45) is 0. The Balaban J connectivity index is 2.27. The normalized spacial score (nSPS) is 10.7. The summed E-state index contributed by atoms with van der Waals surface area (Å²) in [4.78, 5) is 8.50. The third kappa shape index (κ3) is 4.30. The molecule has 0 aliphatic heterocycles. The minimum atomic E-state index is 0.325. The van der Waals surface area contributed by atoms with Crippen LogP contribution in [0.25, 0.3) is 0 Å². The number of anilines is 3. The van der Waals surface area contributed by atoms with Crippen molar-refractivity contribution in [2.45, 2.75) is 20.5 Å². The maximum absolute atomic E-state index is 6.14. The van der Waals surface area contributed by atoms with Crippen molar-refractivity contribution in [3.63, 3.8) is 0 Å². The average molecular weight is 372 g/mol. The summed E-state index contributed by atoms with van der Waals surface area (Å²) in [5.74, 6) is 1.52. The highest BCUT2D eigenvalue weighted by Gasteiger charge is 2.08. The lowest BCUT2D eigenvalue weighted by atomic mass is 10.2. The van der Waals surface area contributed by atoms with Gasteiger partial charge in [0, 0.05) is 22.2 Å². The van der Waals surface area contributed by atoms with Gasteiger partial charge >= 0.3 is 0 Å². The number of ether oxygens (including phenoxy) is 1. The zero-order chi connectivity index (χ0) is 15.4. The molecular formula is C14H16BrClN4O. The van der Waals surface area contributed by atoms with Gasteiger partial charge in [-0.1, -0.05) is 11.6 Å². The maximum Gasteiger partial charge on any atom is 0.158 e. The number of nitrogens with one attached hydrogen (secondary N) is 1. The second kappa shape index (κ2) is 7.06. The largest absolute Gasteiger partial charge is 0.384 e. The first kappa shape index (κ1) is 16.0. The van der Waals surface area contributed by atoms with E-state index < -0.39 is 0 Å². The van der Waals surface area contributed by atoms with Crippen LogP contribution in [0.3, 0.4) is 0 Å². The van der Waals surface area contributed by atoms with Gasteiger partial charge in [-0.2, -0.15) is 0 Å². The van der Waals surface area contributed by atoms with Gasteiger partial charge in [0.25, 0.3) is 0 Å². The molecular weight excluding hydrogens is 356 g/mol. The molecule has 0 aliphatic rings. The van der Waals surface area contributed by atoms with Crippen LogP contribution in [0, 0.1) is 6.92 Å². The molecule has 0 saturated carbocycles. The minimum absolute atomic E-state index is 0.325. The third-order valence-corrected chi connectivity index (χ3v) is 3.80. The van der Waals surface area contributed by atoms with Gasteiger partial charge in [0.2, 0.25) is 0 Å². The van der Waals surface area contributed by atoms with Crippen molar-refractivity contribution in [2.75, 3.05) is 17.7 Å². The highest BCUT2D eigenvalue weighted by atomic mass is 79.9. The lowest BCUT2D eigenvalue weighted by Gasteiger charge is -2.11. The average Bonchev–Trinajstić information content (AvgIpc) is 2.42. The van der Waals surface area contributed by atoms with E-state index in [2.05, 4.69) is 31.2 Å². The van der Waals surface area contributed by atoms with Crippen LogP contribution in [0.2, 0.25) is 5.02 Å². The molecule has 21 heavy (non-hydrogen) atoms. The SMILES string of the molecule is CCOCc1nc(N)cc(Nc2cc(Cl)c(C)cc2Br)n1. The Kier molecular flexibility index (Phi) is 5.39. The van der Waals surface area contributed by atoms with E-state index in [1.54, 1.807) is 6.07 Å². The molecule has 1 heterocycles. The van der Waals surface area contributed by atoms with Crippen LogP contribution in [0.4, 0.5) is 17.3 Å². The van der Waals surface area contributed by atoms with Gasteiger partial charge in [0.15, 0.2) is 5.82 Å². The standard InChI is InChI=1S/C14H16BrClN4O/c1-3-21-7-14-19-12(17)6-13(20-14)18-11-5-10(16)8(2)4-9(11)15/h4-6H,3,7H2,1-2H3,(H3,17,18,19,20). The third-order valence-electron chi connectivity index (χ3n) is 2.74. The van der Waals surface area contributed by atoms with E-state index in [1.807, 2.05) is 26.0 Å². The fraction of sp³-hybridized carbons (Fsp3) is 0.286. The van der Waals surface area contributed by atoms with Crippen molar-refractivity contribution in [1.29, 1.82) is 0 Å². The van der Waals surface area contributed by atoms with Crippen LogP contribution in [0.15, 0.2) is 22.7 Å². The highest BCUT2D eigenvalue weighted by Crippen LogP contribution is 2.31. The number of nitrogen functional groups attached to an aromatic ring is 1. The Hall–Kier alpha value is -1.37. The van der Waals surface area contributed by atoms with Gasteiger partial charge < -0.3 is 15.8 Å². The summed E-state index contributed by atoms with van der Waals surface area (Å²) in [5, 5.41) is 3.86. The number of halogens is 2. The first-order valence-electron chi connectivity index (χ1n) is 6.43. The quantitative estimate of drug-likeness (QED) is 0.829. The maximum atomic E-state index is 6.14. The second-order valence-corrected chi connectivity index (χ2v) is 5.70. The summed E-state index contributed by atoms with van der Waals surface area (Å²) < 4.78 is 6.20. The number of nitrogens with zero attached hydrogens (tertiary/aromatic N) is 2. The van der Waals surface area contributed by atoms with Crippen LogP contribution in [0.1, 0.15) is 18.3 Å². The zero-order valence-corrected chi connectivity index (χ0v) is 14.1. The molecule has 0 spiro atoms. The van der Waals surface area contributed by atoms with E-state index in [9.17, 15) is 0 Å². The van der Waals surface area contributed by atoms with Gasteiger partial charge in [-0.25, -0.2) is 9.97 Å². The predicted molar refractivity (Wildman–Crippen MR) is 88.9 cm³/mol. The van der Waals surface area contributed by atoms with E-state index in [4.69, 9.17) is 22.1 Å². The Bertz CT molecular complexity index is 651. The molecule has 0 radical (unpaired) electrons. The van der Waals surface area contributed by atoms with Crippen LogP contribution in [-0.2, 0) is 11.3 Å². The number of aryl methyl sites for hydroxylation is 1. The molecule has 0 amide bonds. The molecule has 3 N–H and O–H groups in total. The second-order valence-electron chi connectivity index (χ2n) is 4.44. The first-order chi connectivity index (χ1) is 9.99. The van der Waals surface area contributed by atoms with E-state index in [1.165, 1.54) is 0 Å². The monoisotopic (exact) mass is 370 g/mol. The zero-order valence-electron chi connectivity index (χ0n) is 11.8. The van der Waals surface area contributed by atoms with E-state index >= 15 is 0 Å². The van der Waals surface area contributed by atoms with Crippen molar-refractivity contribution in [1.82, 2.24) is 9.97 Å². The van der Waals surface area contributed by atoms with Crippen molar-refractivity contribution in [2.24, 2.45) is 0 Å². The number of benzene rings is 1. The summed E-state index contributed by atoms with van der Waals surface area (Å²) in [7, 11) is 0. The van der Waals surface area contributed by atoms with E-state index in [0.29, 0.717) is 35.7 Å². The number of hydrogen-bond acceptors (Lipinski definition) is 5. The Morgan fingerprint density at radius 3 is 2.81 bits per heavy atom. The molecule has 7 heteroatoms. The molecule has 0 bridgehead atoms. The Morgan fingerprint density at radius 1 is 1.33 bits per heavy atom. The molecule has 0 saturated heterocycles. The predicted octanol–water partition coefficient (Wildman–Crippen LogP) is 4.06. The molecule has 0 fully saturated rings. The number of nitrogens with two attached hydrogens (primary N) is 1. The molecule has 2 rings (SSSR count). The topological polar surface area (TPSA) is 73.1 Å². The van der Waals surface area contributed by atoms with Crippen LogP contribution in [-0.4, -0.2) is 16.6 Å². The van der Waals surface area contributed by atoms with Crippen LogP contribution >= 0.6 is 27.5 Å². The summed E-state index contributed by atoms with van der Waals surface area (Å²) in [6.45, 7) is 4.78. The summed E-state index contributed by atoms with van der Waals surface area (Å²) >= 11 is 9.64. The van der Waals surface area contributed by atoms with Crippen molar-refractivity contribution in [3.05, 3.63) is 39.1 Å². The van der Waals surface area contributed by atoms with Gasteiger partial charge in [-0.05, 0) is 47.5 Å². The van der Waals surface area contributed by atoms with Gasteiger partial charge in [-0.3, -0.25) is 0 Å². The fourth-order valence-electron chi connectivity index (χ4n) is 1.72. The van der Waals surface area contributed by atoms with E-state index in [-0.39, 0.29) is 0 Å². The molecule has 1 aromatic heterocycles. The summed E-state index contributed by atoms with van der Waals surface area (Å²) in [6, 6.07) is 5.44. The molecule has 1 aromatic carbocycles. The van der Waals surface area contributed by atoms with Crippen LogP contribution < -0.4 is 11.1 Å². The lowest BCUT2D eigenvalue weighted by Crippen LogP contribution is -2.05. The molecule has 0 aliphatic carbocycles. The molecule has 112 valence electrons. The minimum Gasteiger partial charge on any atom is -0.384 e. The van der Waals surface area contributed by atoms with Gasteiger partial charge in [0.05, 0.1) is 5.69 Å². The smallest absolute Gasteiger partial charge is 0.158 e. The summed E-state index contributed by atoms with van der Waals surface area (Å²) in [5.41, 5.74) is 7.60. The van der Waals surface area contributed by atoms with Crippen molar-refractivity contribution in [3.8, 4) is 0 Å². The fourth-order valence-corrected chi connectivity index (χ4v) is 2.44. The van der Waals surface area contributed by atoms with Crippen LogP contribution in [0.5, 0.6) is 0 Å². The number of rotatable bonds is 5. The Morgan fingerprint density at radius 2 is 2.10 bits per heavy atom. The number of hydrogen-bond donors (Lipinski definition) is 2. The molecule has 2 aromatic rings. The Labute approximate surface area is 137 Å². The molecule has 0 atom stereocenters. The molecule has 5 nitrogen and oxygen atoms in total. The highest BCUT2D eigenvalue weighted by molar-refractivity contribution is 9.10. The lowest BCUT2D eigenvalue weighted by molar-refractivity contribution is 0.128. The number of aromatic nitrogens is 2. The van der Waals surface area contributed by atoms with Crippen molar-refractivity contribution >= 4 is 44.9 Å². The van der Waals surface area contributed by atoms with Gasteiger partial charge in [0.1, 0.15) is 18.2 Å².